The van der Waals surface area contributed by atoms with Crippen LogP contribution in [0.5, 0.6) is 0 Å². The number of halogens is 2. The number of hydrogen-bond acceptors (Lipinski definition) is 3. The third-order valence-electron chi connectivity index (χ3n) is 5.46. The fraction of sp³-hybridized carbons (Fsp3) is 0.391. The summed E-state index contributed by atoms with van der Waals surface area (Å²) in [6.45, 7) is 4.62. The molecule has 5 nitrogen and oxygen atoms in total. The summed E-state index contributed by atoms with van der Waals surface area (Å²) >= 11 is 0. The second-order valence-corrected chi connectivity index (χ2v) is 7.71. The molecule has 7 heteroatoms. The van der Waals surface area contributed by atoms with E-state index in [4.69, 9.17) is 0 Å². The fourth-order valence-electron chi connectivity index (χ4n) is 3.74. The molecule has 2 aromatic carbocycles. The van der Waals surface area contributed by atoms with Crippen molar-refractivity contribution in [2.75, 3.05) is 18.4 Å². The number of nitrogens with one attached hydrogen (secondary N) is 3. The highest BCUT2D eigenvalue weighted by Gasteiger charge is 2.21. The lowest BCUT2D eigenvalue weighted by molar-refractivity contribution is -0.122. The Morgan fingerprint density at radius 1 is 1.13 bits per heavy atom. The quantitative estimate of drug-likeness (QED) is 0.614. The molecule has 3 N–H and O–H groups in total. The lowest BCUT2D eigenvalue weighted by atomic mass is 9.84. The van der Waals surface area contributed by atoms with Crippen LogP contribution in [0.3, 0.4) is 0 Å². The van der Waals surface area contributed by atoms with Crippen molar-refractivity contribution in [2.45, 2.75) is 32.7 Å². The number of benzene rings is 2. The van der Waals surface area contributed by atoms with Crippen molar-refractivity contribution in [3.05, 3.63) is 65.5 Å². The number of carbonyl (C=O) groups excluding carboxylic acids is 2. The Labute approximate surface area is 183 Å². The van der Waals surface area contributed by atoms with Gasteiger partial charge in [0.15, 0.2) is 0 Å². The molecule has 0 saturated carbocycles. The van der Waals surface area contributed by atoms with Gasteiger partial charge < -0.3 is 16.0 Å². The van der Waals surface area contributed by atoms with E-state index in [1.807, 2.05) is 18.2 Å². The molecule has 0 spiro atoms. The molecule has 0 bridgehead atoms. The Hall–Kier alpha value is -2.44. The molecule has 0 aliphatic carbocycles. The van der Waals surface area contributed by atoms with E-state index in [-0.39, 0.29) is 29.8 Å². The van der Waals surface area contributed by atoms with Gasteiger partial charge in [-0.05, 0) is 73.7 Å². The minimum absolute atomic E-state index is 0. The van der Waals surface area contributed by atoms with E-state index >= 15 is 0 Å². The van der Waals surface area contributed by atoms with Gasteiger partial charge in [-0.25, -0.2) is 4.39 Å². The van der Waals surface area contributed by atoms with Gasteiger partial charge in [-0.1, -0.05) is 25.1 Å². The summed E-state index contributed by atoms with van der Waals surface area (Å²) in [4.78, 5) is 24.6. The maximum absolute atomic E-state index is 13.3. The Balaban J connectivity index is 0.00000320. The van der Waals surface area contributed by atoms with E-state index in [1.165, 1.54) is 18.2 Å². The first-order chi connectivity index (χ1) is 14.0. The summed E-state index contributed by atoms with van der Waals surface area (Å²) in [5.41, 5.74) is 1.76. The molecule has 30 heavy (non-hydrogen) atoms. The predicted molar refractivity (Wildman–Crippen MR) is 119 cm³/mol. The van der Waals surface area contributed by atoms with Crippen molar-refractivity contribution in [3.63, 3.8) is 0 Å². The average molecular weight is 434 g/mol. The molecule has 1 aliphatic rings. The van der Waals surface area contributed by atoms with Gasteiger partial charge in [-0.15, -0.1) is 12.4 Å². The highest BCUT2D eigenvalue weighted by Crippen LogP contribution is 2.24. The van der Waals surface area contributed by atoms with Crippen LogP contribution in [0.4, 0.5) is 10.1 Å². The monoisotopic (exact) mass is 433 g/mol. The molecule has 1 atom stereocenters. The Bertz CT molecular complexity index is 856. The first-order valence-corrected chi connectivity index (χ1v) is 10.1. The van der Waals surface area contributed by atoms with Gasteiger partial charge in [0.2, 0.25) is 5.91 Å². The zero-order valence-corrected chi connectivity index (χ0v) is 17.9. The molecule has 1 fully saturated rings. The lowest BCUT2D eigenvalue weighted by Crippen LogP contribution is -2.33. The summed E-state index contributed by atoms with van der Waals surface area (Å²) in [5, 5.41) is 9.09. The Morgan fingerprint density at radius 3 is 2.60 bits per heavy atom. The first-order valence-electron chi connectivity index (χ1n) is 10.1. The molecule has 1 aliphatic heterocycles. The minimum atomic E-state index is -0.451. The average Bonchev–Trinajstić information content (AvgIpc) is 2.73. The largest absolute Gasteiger partial charge is 0.352 e. The van der Waals surface area contributed by atoms with E-state index < -0.39 is 5.82 Å². The standard InChI is InChI=1S/C23H28FN3O2.ClH/c1-16(18-8-10-25-11-9-18)12-22(28)26-15-17-4-2-7-21(13-17)27-23(29)19-5-3-6-20(24)14-19;/h2-7,13-14,16,18,25H,8-12,15H2,1H3,(H,26,28)(H,27,29);1H. The smallest absolute Gasteiger partial charge is 0.255 e. The topological polar surface area (TPSA) is 70.2 Å². The number of rotatable bonds is 7. The third-order valence-corrected chi connectivity index (χ3v) is 5.46. The normalized spacial score (nSPS) is 15.0. The van der Waals surface area contributed by atoms with Gasteiger partial charge in [0.25, 0.3) is 5.91 Å². The molecule has 1 unspecified atom stereocenters. The van der Waals surface area contributed by atoms with Crippen LogP contribution in [-0.4, -0.2) is 24.9 Å². The second kappa shape index (κ2) is 11.7. The Morgan fingerprint density at radius 2 is 1.87 bits per heavy atom. The predicted octanol–water partition coefficient (Wildman–Crippen LogP) is 4.14. The van der Waals surface area contributed by atoms with E-state index in [2.05, 4.69) is 22.9 Å². The van der Waals surface area contributed by atoms with Crippen LogP contribution in [0.15, 0.2) is 48.5 Å². The zero-order valence-electron chi connectivity index (χ0n) is 17.1. The van der Waals surface area contributed by atoms with Crippen LogP contribution in [0.25, 0.3) is 0 Å². The third kappa shape index (κ3) is 7.11. The zero-order chi connectivity index (χ0) is 20.6. The summed E-state index contributed by atoms with van der Waals surface area (Å²) in [6, 6.07) is 12.9. The molecule has 3 rings (SSSR count). The van der Waals surface area contributed by atoms with Crippen molar-refractivity contribution < 1.29 is 14.0 Å². The lowest BCUT2D eigenvalue weighted by Gasteiger charge is -2.27. The van der Waals surface area contributed by atoms with Crippen LogP contribution >= 0.6 is 12.4 Å². The molecule has 2 amide bonds. The van der Waals surface area contributed by atoms with Crippen molar-refractivity contribution >= 4 is 29.9 Å². The molecular weight excluding hydrogens is 405 g/mol. The van der Waals surface area contributed by atoms with Crippen LogP contribution in [0.2, 0.25) is 0 Å². The number of anilines is 1. The van der Waals surface area contributed by atoms with E-state index in [1.54, 1.807) is 12.1 Å². The molecule has 0 radical (unpaired) electrons. The van der Waals surface area contributed by atoms with Crippen molar-refractivity contribution in [3.8, 4) is 0 Å². The highest BCUT2D eigenvalue weighted by molar-refractivity contribution is 6.04. The number of amides is 2. The van der Waals surface area contributed by atoms with Crippen LogP contribution in [-0.2, 0) is 11.3 Å². The van der Waals surface area contributed by atoms with Crippen LogP contribution < -0.4 is 16.0 Å². The van der Waals surface area contributed by atoms with Crippen LogP contribution in [0, 0.1) is 17.7 Å². The van der Waals surface area contributed by atoms with Crippen molar-refractivity contribution in [1.29, 1.82) is 0 Å². The minimum Gasteiger partial charge on any atom is -0.352 e. The molecule has 162 valence electrons. The van der Waals surface area contributed by atoms with Gasteiger partial charge in [0.05, 0.1) is 0 Å². The van der Waals surface area contributed by atoms with Crippen LogP contribution in [0.1, 0.15) is 42.1 Å². The molecule has 1 heterocycles. The van der Waals surface area contributed by atoms with E-state index in [0.717, 1.165) is 31.5 Å². The first kappa shape index (κ1) is 23.8. The Kier molecular flexibility index (Phi) is 9.27. The van der Waals surface area contributed by atoms with Gasteiger partial charge in [-0.3, -0.25) is 9.59 Å². The summed E-state index contributed by atoms with van der Waals surface area (Å²) in [5.74, 6) is 0.192. The van der Waals surface area contributed by atoms with Crippen molar-refractivity contribution in [2.24, 2.45) is 11.8 Å². The maximum Gasteiger partial charge on any atom is 0.255 e. The van der Waals surface area contributed by atoms with Gasteiger partial charge in [0.1, 0.15) is 5.82 Å². The highest BCUT2D eigenvalue weighted by atomic mass is 35.5. The number of carbonyl (C=O) groups is 2. The maximum atomic E-state index is 13.3. The van der Waals surface area contributed by atoms with Gasteiger partial charge >= 0.3 is 0 Å². The fourth-order valence-corrected chi connectivity index (χ4v) is 3.74. The number of hydrogen-bond donors (Lipinski definition) is 3. The van der Waals surface area contributed by atoms with Gasteiger partial charge in [-0.2, -0.15) is 0 Å². The van der Waals surface area contributed by atoms with Crippen molar-refractivity contribution in [1.82, 2.24) is 10.6 Å². The van der Waals surface area contributed by atoms with E-state index in [0.29, 0.717) is 30.5 Å². The SMILES string of the molecule is CC(CC(=O)NCc1cccc(NC(=O)c2cccc(F)c2)c1)C1CCNCC1.Cl. The summed E-state index contributed by atoms with van der Waals surface area (Å²) in [6.07, 6.45) is 2.78. The van der Waals surface area contributed by atoms with E-state index in [9.17, 15) is 14.0 Å². The number of piperidine rings is 1. The summed E-state index contributed by atoms with van der Waals surface area (Å²) in [7, 11) is 0. The van der Waals surface area contributed by atoms with Gasteiger partial charge in [0, 0.05) is 24.2 Å². The molecule has 0 aromatic heterocycles. The second-order valence-electron chi connectivity index (χ2n) is 7.71. The molecular formula is C23H29ClFN3O2. The molecule has 2 aromatic rings. The molecule has 1 saturated heterocycles. The summed E-state index contributed by atoms with van der Waals surface area (Å²) < 4.78 is 13.3.